The van der Waals surface area contributed by atoms with E-state index in [4.69, 9.17) is 5.11 Å². The first kappa shape index (κ1) is 14.3. The van der Waals surface area contributed by atoms with Crippen LogP contribution in [0, 0.1) is 0 Å². The highest BCUT2D eigenvalue weighted by molar-refractivity contribution is 7.88. The number of carbonyl (C=O) groups excluding carboxylic acids is 1. The minimum Gasteiger partial charge on any atom is -0.396 e. The van der Waals surface area contributed by atoms with E-state index in [-0.39, 0.29) is 12.5 Å². The fourth-order valence-electron chi connectivity index (χ4n) is 0.902. The van der Waals surface area contributed by atoms with Crippen LogP contribution in [0.1, 0.15) is 19.3 Å². The first-order valence-corrected chi connectivity index (χ1v) is 6.67. The minimum atomic E-state index is -3.13. The molecule has 0 rings (SSSR count). The van der Waals surface area contributed by atoms with Crippen LogP contribution in [-0.4, -0.2) is 45.4 Å². The van der Waals surface area contributed by atoms with Gasteiger partial charge in [0.05, 0.1) is 6.26 Å². The summed E-state index contributed by atoms with van der Waals surface area (Å²) in [5.41, 5.74) is 0. The van der Waals surface area contributed by atoms with Crippen molar-refractivity contribution in [3.8, 4) is 0 Å². The van der Waals surface area contributed by atoms with Crippen LogP contribution in [0.4, 0.5) is 0 Å². The number of amides is 1. The van der Waals surface area contributed by atoms with Gasteiger partial charge in [0.1, 0.15) is 0 Å². The van der Waals surface area contributed by atoms with Crippen LogP contribution in [0.5, 0.6) is 0 Å². The lowest BCUT2D eigenvalue weighted by atomic mass is 10.3. The van der Waals surface area contributed by atoms with Crippen molar-refractivity contribution < 1.29 is 18.3 Å². The predicted molar refractivity (Wildman–Crippen MR) is 56.8 cm³/mol. The largest absolute Gasteiger partial charge is 0.396 e. The van der Waals surface area contributed by atoms with Gasteiger partial charge >= 0.3 is 0 Å². The Morgan fingerprint density at radius 3 is 2.47 bits per heavy atom. The maximum atomic E-state index is 11.0. The molecule has 0 bridgehead atoms. The monoisotopic (exact) mass is 238 g/mol. The quantitative estimate of drug-likeness (QED) is 0.464. The molecule has 6 nitrogen and oxygen atoms in total. The number of hydrogen-bond donors (Lipinski definition) is 3. The van der Waals surface area contributed by atoms with E-state index in [0.717, 1.165) is 6.26 Å². The van der Waals surface area contributed by atoms with Gasteiger partial charge in [-0.05, 0) is 12.8 Å². The summed E-state index contributed by atoms with van der Waals surface area (Å²) in [7, 11) is -3.13. The number of sulfonamides is 1. The number of nitrogens with one attached hydrogen (secondary N) is 2. The molecular weight excluding hydrogens is 220 g/mol. The second-order valence-electron chi connectivity index (χ2n) is 3.20. The van der Waals surface area contributed by atoms with Crippen LogP contribution in [0.3, 0.4) is 0 Å². The molecule has 90 valence electrons. The molecule has 3 N–H and O–H groups in total. The lowest BCUT2D eigenvalue weighted by Crippen LogP contribution is -2.29. The lowest BCUT2D eigenvalue weighted by molar-refractivity contribution is -0.121. The van der Waals surface area contributed by atoms with Crippen molar-refractivity contribution in [2.24, 2.45) is 0 Å². The SMILES string of the molecule is CS(=O)(=O)NCCCNC(=O)CCCO. The smallest absolute Gasteiger partial charge is 0.220 e. The zero-order chi connectivity index (χ0) is 11.7. The van der Waals surface area contributed by atoms with Crippen molar-refractivity contribution in [3.63, 3.8) is 0 Å². The van der Waals surface area contributed by atoms with Gasteiger partial charge in [0.25, 0.3) is 0 Å². The van der Waals surface area contributed by atoms with Crippen LogP contribution >= 0.6 is 0 Å². The lowest BCUT2D eigenvalue weighted by Gasteiger charge is -2.04. The molecule has 0 aromatic heterocycles. The fourth-order valence-corrected chi connectivity index (χ4v) is 1.42. The maximum absolute atomic E-state index is 11.0. The zero-order valence-electron chi connectivity index (χ0n) is 8.82. The Bertz CT molecular complexity index is 276. The molecule has 0 aromatic carbocycles. The molecule has 0 fully saturated rings. The molecule has 0 aliphatic heterocycles. The van der Waals surface area contributed by atoms with Crippen LogP contribution in [0.2, 0.25) is 0 Å². The topological polar surface area (TPSA) is 95.5 Å². The van der Waals surface area contributed by atoms with E-state index in [1.165, 1.54) is 0 Å². The molecule has 1 amide bonds. The standard InChI is InChI=1S/C8H18N2O4S/c1-15(13,14)10-6-3-5-9-8(12)4-2-7-11/h10-11H,2-7H2,1H3,(H,9,12). The minimum absolute atomic E-state index is 0.00303. The summed E-state index contributed by atoms with van der Waals surface area (Å²) in [6.07, 6.45) is 2.40. The number of rotatable bonds is 8. The second kappa shape index (κ2) is 7.61. The summed E-state index contributed by atoms with van der Waals surface area (Å²) in [6.45, 7) is 0.759. The van der Waals surface area contributed by atoms with E-state index in [2.05, 4.69) is 10.0 Å². The van der Waals surface area contributed by atoms with E-state index >= 15 is 0 Å². The number of carbonyl (C=O) groups is 1. The van der Waals surface area contributed by atoms with Crippen molar-refractivity contribution in [1.82, 2.24) is 10.0 Å². The molecule has 0 unspecified atom stereocenters. The summed E-state index contributed by atoms with van der Waals surface area (Å²) in [6, 6.07) is 0. The van der Waals surface area contributed by atoms with Crippen LogP contribution in [0.15, 0.2) is 0 Å². The Kier molecular flexibility index (Phi) is 7.27. The first-order chi connectivity index (χ1) is 6.95. The summed E-state index contributed by atoms with van der Waals surface area (Å²) < 4.78 is 23.6. The number of aliphatic hydroxyl groups is 1. The molecular formula is C8H18N2O4S. The summed E-state index contributed by atoms with van der Waals surface area (Å²) >= 11 is 0. The summed E-state index contributed by atoms with van der Waals surface area (Å²) in [5, 5.41) is 11.1. The van der Waals surface area contributed by atoms with Gasteiger partial charge in [-0.3, -0.25) is 4.79 Å². The highest BCUT2D eigenvalue weighted by Crippen LogP contribution is 1.86. The van der Waals surface area contributed by atoms with Crippen molar-refractivity contribution in [1.29, 1.82) is 0 Å². The Morgan fingerprint density at radius 1 is 1.27 bits per heavy atom. The summed E-state index contributed by atoms with van der Waals surface area (Å²) in [5.74, 6) is -0.122. The first-order valence-electron chi connectivity index (χ1n) is 4.78. The van der Waals surface area contributed by atoms with Gasteiger partial charge in [-0.15, -0.1) is 0 Å². The molecule has 0 saturated carbocycles. The number of aliphatic hydroxyl groups excluding tert-OH is 1. The molecule has 0 heterocycles. The van der Waals surface area contributed by atoms with E-state index in [1.54, 1.807) is 0 Å². The van der Waals surface area contributed by atoms with Crippen LogP contribution < -0.4 is 10.0 Å². The number of hydrogen-bond acceptors (Lipinski definition) is 4. The van der Waals surface area contributed by atoms with E-state index in [1.807, 2.05) is 0 Å². The Hall–Kier alpha value is -0.660. The third-order valence-corrected chi connectivity index (χ3v) is 2.33. The molecule has 15 heavy (non-hydrogen) atoms. The van der Waals surface area contributed by atoms with E-state index in [9.17, 15) is 13.2 Å². The van der Waals surface area contributed by atoms with E-state index < -0.39 is 10.0 Å². The molecule has 0 aliphatic rings. The van der Waals surface area contributed by atoms with Gasteiger partial charge in [0.2, 0.25) is 15.9 Å². The average Bonchev–Trinajstić information content (AvgIpc) is 2.12. The third-order valence-electron chi connectivity index (χ3n) is 1.60. The van der Waals surface area contributed by atoms with Crippen LogP contribution in [0.25, 0.3) is 0 Å². The zero-order valence-corrected chi connectivity index (χ0v) is 9.64. The van der Waals surface area contributed by atoms with Gasteiger partial charge in [-0.25, -0.2) is 13.1 Å². The van der Waals surface area contributed by atoms with Gasteiger partial charge in [-0.1, -0.05) is 0 Å². The molecule has 0 saturated heterocycles. The predicted octanol–water partition coefficient (Wildman–Crippen LogP) is -1.19. The molecule has 0 aliphatic carbocycles. The van der Waals surface area contributed by atoms with Gasteiger partial charge in [-0.2, -0.15) is 0 Å². The van der Waals surface area contributed by atoms with E-state index in [0.29, 0.717) is 32.4 Å². The highest BCUT2D eigenvalue weighted by Gasteiger charge is 2.01. The average molecular weight is 238 g/mol. The third kappa shape index (κ3) is 11.3. The molecule has 0 radical (unpaired) electrons. The Morgan fingerprint density at radius 2 is 1.93 bits per heavy atom. The fraction of sp³-hybridized carbons (Fsp3) is 0.875. The molecule has 0 aromatic rings. The van der Waals surface area contributed by atoms with Crippen molar-refractivity contribution in [3.05, 3.63) is 0 Å². The van der Waals surface area contributed by atoms with Crippen molar-refractivity contribution in [2.45, 2.75) is 19.3 Å². The van der Waals surface area contributed by atoms with Gasteiger partial charge in [0, 0.05) is 26.1 Å². The highest BCUT2D eigenvalue weighted by atomic mass is 32.2. The molecule has 0 spiro atoms. The second-order valence-corrected chi connectivity index (χ2v) is 5.03. The van der Waals surface area contributed by atoms with Crippen molar-refractivity contribution in [2.75, 3.05) is 26.0 Å². The summed E-state index contributed by atoms with van der Waals surface area (Å²) in [4.78, 5) is 11.0. The maximum Gasteiger partial charge on any atom is 0.220 e. The molecule has 0 atom stereocenters. The molecule has 7 heteroatoms. The Balaban J connectivity index is 3.35. The van der Waals surface area contributed by atoms with Gasteiger partial charge in [0.15, 0.2) is 0 Å². The van der Waals surface area contributed by atoms with Crippen LogP contribution in [-0.2, 0) is 14.8 Å². The normalized spacial score (nSPS) is 11.3. The van der Waals surface area contributed by atoms with Crippen molar-refractivity contribution >= 4 is 15.9 Å². The van der Waals surface area contributed by atoms with Gasteiger partial charge < -0.3 is 10.4 Å². The Labute approximate surface area is 90.1 Å².